The van der Waals surface area contributed by atoms with Gasteiger partial charge in [-0.15, -0.1) is 0 Å². The molecule has 5 heteroatoms. The van der Waals surface area contributed by atoms with E-state index in [0.717, 1.165) is 6.54 Å². The molecule has 0 amide bonds. The second kappa shape index (κ2) is 7.59. The second-order valence-electron chi connectivity index (χ2n) is 4.14. The van der Waals surface area contributed by atoms with E-state index in [9.17, 15) is 0 Å². The Labute approximate surface area is 117 Å². The molecule has 0 aromatic heterocycles. The van der Waals surface area contributed by atoms with Gasteiger partial charge in [0, 0.05) is 29.1 Å². The Balaban J connectivity index is 1.72. The molecule has 3 nitrogen and oxygen atoms in total. The fourth-order valence-corrected chi connectivity index (χ4v) is 4.30. The van der Waals surface area contributed by atoms with Gasteiger partial charge in [0.05, 0.1) is 6.54 Å². The lowest BCUT2D eigenvalue weighted by atomic mass is 10.2. The van der Waals surface area contributed by atoms with Crippen molar-refractivity contribution in [1.29, 1.82) is 0 Å². The third-order valence-electron chi connectivity index (χ3n) is 2.67. The van der Waals surface area contributed by atoms with Crippen molar-refractivity contribution in [3.63, 3.8) is 0 Å². The number of nitrogens with zero attached hydrogens (tertiary/aromatic N) is 1. The van der Waals surface area contributed by atoms with Crippen molar-refractivity contribution in [3.8, 4) is 0 Å². The third-order valence-corrected chi connectivity index (χ3v) is 5.52. The highest BCUT2D eigenvalue weighted by atomic mass is 32.2. The van der Waals surface area contributed by atoms with Crippen molar-refractivity contribution in [1.82, 2.24) is 5.32 Å². The SMILES string of the molecule is NC(=NCc1ccccc1)NCC1CSCCS1. The number of thioether (sulfide) groups is 2. The van der Waals surface area contributed by atoms with Gasteiger partial charge in [-0.05, 0) is 5.56 Å². The fraction of sp³-hybridized carbons (Fsp3) is 0.462. The number of hydrogen-bond donors (Lipinski definition) is 2. The van der Waals surface area contributed by atoms with E-state index in [-0.39, 0.29) is 0 Å². The summed E-state index contributed by atoms with van der Waals surface area (Å²) >= 11 is 4.05. The number of hydrogen-bond acceptors (Lipinski definition) is 3. The topological polar surface area (TPSA) is 50.4 Å². The molecule has 0 spiro atoms. The van der Waals surface area contributed by atoms with Gasteiger partial charge < -0.3 is 11.1 Å². The Morgan fingerprint density at radius 2 is 2.17 bits per heavy atom. The minimum atomic E-state index is 0.551. The predicted octanol–water partition coefficient (Wildman–Crippen LogP) is 1.94. The summed E-state index contributed by atoms with van der Waals surface area (Å²) in [5.41, 5.74) is 7.05. The van der Waals surface area contributed by atoms with Crippen LogP contribution in [0.25, 0.3) is 0 Å². The van der Waals surface area contributed by atoms with Crippen molar-refractivity contribution >= 4 is 29.5 Å². The molecule has 1 atom stereocenters. The minimum absolute atomic E-state index is 0.551. The molecule has 0 bridgehead atoms. The van der Waals surface area contributed by atoms with Crippen LogP contribution in [-0.2, 0) is 6.54 Å². The molecule has 2 rings (SSSR count). The molecule has 1 heterocycles. The van der Waals surface area contributed by atoms with Crippen LogP contribution in [0, 0.1) is 0 Å². The van der Waals surface area contributed by atoms with Crippen LogP contribution in [0.1, 0.15) is 5.56 Å². The van der Waals surface area contributed by atoms with Crippen LogP contribution in [-0.4, -0.2) is 35.0 Å². The van der Waals surface area contributed by atoms with Gasteiger partial charge in [0.15, 0.2) is 5.96 Å². The highest BCUT2D eigenvalue weighted by Gasteiger charge is 2.13. The van der Waals surface area contributed by atoms with Crippen molar-refractivity contribution in [2.24, 2.45) is 10.7 Å². The molecular weight excluding hydrogens is 262 g/mol. The van der Waals surface area contributed by atoms with E-state index in [0.29, 0.717) is 17.8 Å². The maximum Gasteiger partial charge on any atom is 0.188 e. The zero-order valence-electron chi connectivity index (χ0n) is 10.3. The molecule has 1 aliphatic rings. The van der Waals surface area contributed by atoms with Gasteiger partial charge >= 0.3 is 0 Å². The second-order valence-corrected chi connectivity index (χ2v) is 6.69. The summed E-state index contributed by atoms with van der Waals surface area (Å²) in [5.74, 6) is 4.29. The normalized spacial score (nSPS) is 20.7. The molecular formula is C13H19N3S2. The van der Waals surface area contributed by atoms with Gasteiger partial charge in [-0.2, -0.15) is 23.5 Å². The highest BCUT2D eigenvalue weighted by molar-refractivity contribution is 8.06. The van der Waals surface area contributed by atoms with Gasteiger partial charge in [-0.1, -0.05) is 30.3 Å². The number of rotatable bonds is 4. The number of nitrogens with two attached hydrogens (primary N) is 1. The maximum absolute atomic E-state index is 5.86. The molecule has 0 radical (unpaired) electrons. The van der Waals surface area contributed by atoms with E-state index >= 15 is 0 Å². The molecule has 1 unspecified atom stereocenters. The molecule has 98 valence electrons. The molecule has 1 aliphatic heterocycles. The minimum Gasteiger partial charge on any atom is -0.370 e. The first-order valence-electron chi connectivity index (χ1n) is 6.11. The van der Waals surface area contributed by atoms with Crippen LogP contribution in [0.3, 0.4) is 0 Å². The first-order valence-corrected chi connectivity index (χ1v) is 8.32. The summed E-state index contributed by atoms with van der Waals surface area (Å²) in [6, 6.07) is 10.2. The Bertz CT molecular complexity index is 375. The van der Waals surface area contributed by atoms with Gasteiger partial charge in [0.25, 0.3) is 0 Å². The molecule has 3 N–H and O–H groups in total. The molecule has 1 saturated heterocycles. The lowest BCUT2D eigenvalue weighted by Crippen LogP contribution is -2.38. The monoisotopic (exact) mass is 281 g/mol. The number of nitrogens with one attached hydrogen (secondary N) is 1. The number of aliphatic imine (C=N–C) groups is 1. The van der Waals surface area contributed by atoms with Gasteiger partial charge in [0.2, 0.25) is 0 Å². The van der Waals surface area contributed by atoms with Crippen LogP contribution in [0.15, 0.2) is 35.3 Å². The van der Waals surface area contributed by atoms with Crippen LogP contribution < -0.4 is 11.1 Å². The third kappa shape index (κ3) is 4.82. The maximum atomic E-state index is 5.86. The first-order chi connectivity index (χ1) is 8.84. The molecule has 1 aromatic rings. The zero-order chi connectivity index (χ0) is 12.6. The summed E-state index contributed by atoms with van der Waals surface area (Å²) in [5, 5.41) is 3.88. The Morgan fingerprint density at radius 3 is 2.89 bits per heavy atom. The van der Waals surface area contributed by atoms with Crippen molar-refractivity contribution < 1.29 is 0 Å². The molecule has 18 heavy (non-hydrogen) atoms. The lowest BCUT2D eigenvalue weighted by Gasteiger charge is -2.21. The molecule has 0 aliphatic carbocycles. The van der Waals surface area contributed by atoms with Crippen LogP contribution >= 0.6 is 23.5 Å². The number of benzene rings is 1. The summed E-state index contributed by atoms with van der Waals surface area (Å²) in [6.07, 6.45) is 0. The van der Waals surface area contributed by atoms with Gasteiger partial charge in [-0.3, -0.25) is 0 Å². The van der Waals surface area contributed by atoms with E-state index in [1.807, 2.05) is 41.7 Å². The smallest absolute Gasteiger partial charge is 0.188 e. The highest BCUT2D eigenvalue weighted by Crippen LogP contribution is 2.23. The van der Waals surface area contributed by atoms with Crippen LogP contribution in [0.5, 0.6) is 0 Å². The summed E-state index contributed by atoms with van der Waals surface area (Å²) in [4.78, 5) is 4.35. The standard InChI is InChI=1S/C13H19N3S2/c14-13(15-8-11-4-2-1-3-5-11)16-9-12-10-17-6-7-18-12/h1-5,12H,6-10H2,(H3,14,15,16). The lowest BCUT2D eigenvalue weighted by molar-refractivity contribution is 0.843. The van der Waals surface area contributed by atoms with Crippen molar-refractivity contribution in [2.75, 3.05) is 23.8 Å². The predicted molar refractivity (Wildman–Crippen MR) is 83.3 cm³/mol. The fourth-order valence-electron chi connectivity index (χ4n) is 1.69. The van der Waals surface area contributed by atoms with E-state index in [4.69, 9.17) is 5.73 Å². The van der Waals surface area contributed by atoms with Crippen molar-refractivity contribution in [3.05, 3.63) is 35.9 Å². The Kier molecular flexibility index (Phi) is 5.74. The van der Waals surface area contributed by atoms with Crippen LogP contribution in [0.2, 0.25) is 0 Å². The Hall–Kier alpha value is -0.810. The van der Waals surface area contributed by atoms with E-state index in [1.54, 1.807) is 0 Å². The average molecular weight is 281 g/mol. The quantitative estimate of drug-likeness (QED) is 0.654. The van der Waals surface area contributed by atoms with Gasteiger partial charge in [-0.25, -0.2) is 4.99 Å². The summed E-state index contributed by atoms with van der Waals surface area (Å²) in [6.45, 7) is 1.56. The van der Waals surface area contributed by atoms with Gasteiger partial charge in [0.1, 0.15) is 0 Å². The van der Waals surface area contributed by atoms with E-state index in [2.05, 4.69) is 22.4 Å². The summed E-state index contributed by atoms with van der Waals surface area (Å²) < 4.78 is 0. The molecule has 0 saturated carbocycles. The van der Waals surface area contributed by atoms with Crippen LogP contribution in [0.4, 0.5) is 0 Å². The zero-order valence-corrected chi connectivity index (χ0v) is 12.0. The Morgan fingerprint density at radius 1 is 1.33 bits per heavy atom. The molecule has 1 fully saturated rings. The number of guanidine groups is 1. The summed E-state index contributed by atoms with van der Waals surface area (Å²) in [7, 11) is 0. The first kappa shape index (κ1) is 13.6. The van der Waals surface area contributed by atoms with Crippen molar-refractivity contribution in [2.45, 2.75) is 11.8 Å². The van der Waals surface area contributed by atoms with E-state index < -0.39 is 0 Å². The van der Waals surface area contributed by atoms with E-state index in [1.165, 1.54) is 22.8 Å². The average Bonchev–Trinajstić information content (AvgIpc) is 2.45. The largest absolute Gasteiger partial charge is 0.370 e. The molecule has 1 aromatic carbocycles.